The van der Waals surface area contributed by atoms with E-state index < -0.39 is 41.9 Å². The summed E-state index contributed by atoms with van der Waals surface area (Å²) in [6.45, 7) is 4.10. The lowest BCUT2D eigenvalue weighted by molar-refractivity contribution is -0.206. The van der Waals surface area contributed by atoms with Gasteiger partial charge in [-0.3, -0.25) is 0 Å². The predicted molar refractivity (Wildman–Crippen MR) is 133 cm³/mol. The highest BCUT2D eigenvalue weighted by Crippen LogP contribution is 2.31. The van der Waals surface area contributed by atoms with E-state index in [1.54, 1.807) is 12.1 Å². The number of benzene rings is 2. The van der Waals surface area contributed by atoms with E-state index >= 15 is 0 Å². The first-order chi connectivity index (χ1) is 17.2. The number of esters is 1. The van der Waals surface area contributed by atoms with Gasteiger partial charge in [0, 0.05) is 5.56 Å². The number of rotatable bonds is 15. The SMILES string of the molecule is CCCCCCCCc1ccc(-c2ccc(C(=O)OC(CCCCCC)C(F)(F)F)c(F)c2F)cc1. The second kappa shape index (κ2) is 15.0. The molecule has 2 aromatic carbocycles. The van der Waals surface area contributed by atoms with Gasteiger partial charge in [0.05, 0.1) is 5.56 Å². The maximum absolute atomic E-state index is 14.8. The van der Waals surface area contributed by atoms with E-state index in [9.17, 15) is 26.7 Å². The fourth-order valence-electron chi connectivity index (χ4n) is 4.13. The van der Waals surface area contributed by atoms with Crippen molar-refractivity contribution in [3.05, 3.63) is 59.2 Å². The van der Waals surface area contributed by atoms with Crippen molar-refractivity contribution in [1.29, 1.82) is 0 Å². The first-order valence-electron chi connectivity index (χ1n) is 13.0. The molecule has 1 unspecified atom stereocenters. The Morgan fingerprint density at radius 2 is 1.36 bits per heavy atom. The molecule has 0 spiro atoms. The van der Waals surface area contributed by atoms with E-state index in [-0.39, 0.29) is 12.0 Å². The first-order valence-corrected chi connectivity index (χ1v) is 13.0. The molecule has 2 rings (SSSR count). The van der Waals surface area contributed by atoms with Crippen molar-refractivity contribution in [2.75, 3.05) is 0 Å². The van der Waals surface area contributed by atoms with Crippen LogP contribution in [0.4, 0.5) is 22.0 Å². The third-order valence-corrected chi connectivity index (χ3v) is 6.32. The van der Waals surface area contributed by atoms with E-state index in [1.807, 2.05) is 19.1 Å². The largest absolute Gasteiger partial charge is 0.449 e. The Morgan fingerprint density at radius 1 is 0.778 bits per heavy atom. The minimum absolute atomic E-state index is 0.0675. The van der Waals surface area contributed by atoms with Gasteiger partial charge in [0.25, 0.3) is 0 Å². The lowest BCUT2D eigenvalue weighted by Gasteiger charge is -2.21. The summed E-state index contributed by atoms with van der Waals surface area (Å²) < 4.78 is 74.0. The van der Waals surface area contributed by atoms with Crippen LogP contribution in [0, 0.1) is 11.6 Å². The molecule has 2 aromatic rings. The Kier molecular flexibility index (Phi) is 12.4. The molecule has 1 atom stereocenters. The van der Waals surface area contributed by atoms with Gasteiger partial charge in [0.2, 0.25) is 0 Å². The summed E-state index contributed by atoms with van der Waals surface area (Å²) in [6.07, 6.45) is 2.82. The highest BCUT2D eigenvalue weighted by Gasteiger charge is 2.42. The zero-order valence-corrected chi connectivity index (χ0v) is 21.2. The van der Waals surface area contributed by atoms with Crippen LogP contribution in [-0.4, -0.2) is 18.2 Å². The molecular formula is C29H37F5O2. The number of halogens is 5. The summed E-state index contributed by atoms with van der Waals surface area (Å²) in [4.78, 5) is 12.3. The summed E-state index contributed by atoms with van der Waals surface area (Å²) in [5, 5.41) is 0. The number of hydrogen-bond acceptors (Lipinski definition) is 2. The van der Waals surface area contributed by atoms with Crippen LogP contribution in [0.25, 0.3) is 11.1 Å². The minimum atomic E-state index is -4.78. The summed E-state index contributed by atoms with van der Waals surface area (Å²) in [7, 11) is 0. The zero-order chi connectivity index (χ0) is 26.6. The Balaban J connectivity index is 2.05. The summed E-state index contributed by atoms with van der Waals surface area (Å²) in [5.41, 5.74) is 0.593. The molecular weight excluding hydrogens is 475 g/mol. The van der Waals surface area contributed by atoms with E-state index in [0.717, 1.165) is 43.7 Å². The minimum Gasteiger partial charge on any atom is -0.449 e. The normalized spacial score (nSPS) is 12.5. The highest BCUT2D eigenvalue weighted by atomic mass is 19.4. The van der Waals surface area contributed by atoms with Gasteiger partial charge in [0.1, 0.15) is 0 Å². The number of alkyl halides is 3. The number of unbranched alkanes of at least 4 members (excludes halogenated alkanes) is 8. The topological polar surface area (TPSA) is 26.3 Å². The van der Waals surface area contributed by atoms with Crippen LogP contribution >= 0.6 is 0 Å². The third kappa shape index (κ3) is 9.21. The van der Waals surface area contributed by atoms with Gasteiger partial charge >= 0.3 is 12.1 Å². The second-order valence-electron chi connectivity index (χ2n) is 9.29. The molecule has 0 N–H and O–H groups in total. The molecule has 0 saturated heterocycles. The predicted octanol–water partition coefficient (Wildman–Crippen LogP) is 9.59. The van der Waals surface area contributed by atoms with Crippen molar-refractivity contribution in [3.8, 4) is 11.1 Å². The smallest absolute Gasteiger partial charge is 0.425 e. The van der Waals surface area contributed by atoms with Crippen LogP contribution < -0.4 is 0 Å². The molecule has 36 heavy (non-hydrogen) atoms. The van der Waals surface area contributed by atoms with Gasteiger partial charge in [0.15, 0.2) is 17.7 Å². The van der Waals surface area contributed by atoms with Gasteiger partial charge in [-0.05, 0) is 42.9 Å². The van der Waals surface area contributed by atoms with Gasteiger partial charge < -0.3 is 4.74 Å². The van der Waals surface area contributed by atoms with Crippen LogP contribution in [0.5, 0.6) is 0 Å². The number of ether oxygens (including phenoxy) is 1. The Bertz CT molecular complexity index is 938. The zero-order valence-electron chi connectivity index (χ0n) is 21.2. The maximum Gasteiger partial charge on any atom is 0.425 e. The summed E-state index contributed by atoms with van der Waals surface area (Å²) in [5.74, 6) is -4.33. The van der Waals surface area contributed by atoms with E-state index in [4.69, 9.17) is 0 Å². The molecule has 0 aliphatic carbocycles. The van der Waals surface area contributed by atoms with Crippen molar-refractivity contribution in [2.45, 2.75) is 103 Å². The van der Waals surface area contributed by atoms with Crippen molar-refractivity contribution < 1.29 is 31.5 Å². The number of carbonyl (C=O) groups excluding carboxylic acids is 1. The van der Waals surface area contributed by atoms with Crippen LogP contribution in [0.15, 0.2) is 36.4 Å². The van der Waals surface area contributed by atoms with Crippen molar-refractivity contribution in [2.24, 2.45) is 0 Å². The maximum atomic E-state index is 14.8. The van der Waals surface area contributed by atoms with Crippen LogP contribution in [0.3, 0.4) is 0 Å². The van der Waals surface area contributed by atoms with Crippen LogP contribution in [0.1, 0.15) is 100 Å². The Hall–Kier alpha value is -2.44. The molecule has 0 radical (unpaired) electrons. The Morgan fingerprint density at radius 3 is 1.97 bits per heavy atom. The van der Waals surface area contributed by atoms with Crippen molar-refractivity contribution in [1.82, 2.24) is 0 Å². The van der Waals surface area contributed by atoms with Gasteiger partial charge in [-0.1, -0.05) is 95.5 Å². The fraction of sp³-hybridized carbons (Fsp3) is 0.552. The molecule has 2 nitrogen and oxygen atoms in total. The van der Waals surface area contributed by atoms with E-state index in [1.165, 1.54) is 31.7 Å². The molecule has 0 heterocycles. The van der Waals surface area contributed by atoms with Gasteiger partial charge in [-0.2, -0.15) is 13.2 Å². The summed E-state index contributed by atoms with van der Waals surface area (Å²) >= 11 is 0. The average Bonchev–Trinajstić information content (AvgIpc) is 2.84. The molecule has 7 heteroatoms. The van der Waals surface area contributed by atoms with Gasteiger partial charge in [-0.25, -0.2) is 13.6 Å². The third-order valence-electron chi connectivity index (χ3n) is 6.32. The monoisotopic (exact) mass is 512 g/mol. The van der Waals surface area contributed by atoms with E-state index in [0.29, 0.717) is 12.0 Å². The number of hydrogen-bond donors (Lipinski definition) is 0. The van der Waals surface area contributed by atoms with Gasteiger partial charge in [-0.15, -0.1) is 0 Å². The lowest BCUT2D eigenvalue weighted by atomic mass is 9.99. The molecule has 0 aliphatic heterocycles. The van der Waals surface area contributed by atoms with E-state index in [2.05, 4.69) is 11.7 Å². The lowest BCUT2D eigenvalue weighted by Crippen LogP contribution is -2.34. The Labute approximate surface area is 211 Å². The first kappa shape index (κ1) is 29.8. The van der Waals surface area contributed by atoms with Crippen LogP contribution in [0.2, 0.25) is 0 Å². The quantitative estimate of drug-likeness (QED) is 0.135. The molecule has 0 aliphatic rings. The highest BCUT2D eigenvalue weighted by molar-refractivity contribution is 5.90. The molecule has 0 fully saturated rings. The van der Waals surface area contributed by atoms with Crippen molar-refractivity contribution >= 4 is 5.97 Å². The number of aryl methyl sites for hydroxylation is 1. The molecule has 200 valence electrons. The molecule has 0 amide bonds. The molecule has 0 aromatic heterocycles. The fourth-order valence-corrected chi connectivity index (χ4v) is 4.13. The molecule has 0 saturated carbocycles. The number of carbonyl (C=O) groups is 1. The second-order valence-corrected chi connectivity index (χ2v) is 9.29. The summed E-state index contributed by atoms with van der Waals surface area (Å²) in [6, 6.07) is 9.24. The standard InChI is InChI=1S/C29H37F5O2/c1-3-5-7-9-10-11-13-21-15-17-22(18-16-21)23-19-20-24(27(31)26(23)30)28(35)36-25(29(32,33)34)14-12-8-6-4-2/h15-20,25H,3-14H2,1-2H3. The van der Waals surface area contributed by atoms with Crippen molar-refractivity contribution in [3.63, 3.8) is 0 Å². The average molecular weight is 513 g/mol. The van der Waals surface area contributed by atoms with Crippen LogP contribution in [-0.2, 0) is 11.2 Å². The molecule has 0 bridgehead atoms.